The number of likely N-dealkylation sites (tertiary alicyclic amines) is 1. The summed E-state index contributed by atoms with van der Waals surface area (Å²) in [5, 5.41) is 8.71. The number of nitrogens with zero attached hydrogens (tertiary/aromatic N) is 9. The Bertz CT molecular complexity index is 3190. The second-order valence-corrected chi connectivity index (χ2v) is 30.0. The SMILES string of the molecule is CC[C@H](C)[C@@H]1NC(=O)[C@H](CC(C)C)N(C)C(=O)C[C@@H](C(=O)N2CCCCC2)N(C)C(=O)[C@H](C2CCCC2)N(C)C(=O)C2(CCCC2)NC(=O)[C@@H]2CCCN2C(=O)[C@H](CCc2ccc(C(F)(F)F)c(F)c2)NC(=O)CN(C)C(=O)[C@H](C2CCCC2)N(C)C(=O)[C@@H]2CCN2C(=O)[C@H](C)N(C)C1=O. The van der Waals surface area contributed by atoms with Crippen LogP contribution in [0.4, 0.5) is 17.6 Å². The van der Waals surface area contributed by atoms with Crippen LogP contribution in [0, 0.1) is 29.5 Å². The maximum atomic E-state index is 15.7. The van der Waals surface area contributed by atoms with Crippen molar-refractivity contribution < 1.29 is 75.1 Å². The quantitative estimate of drug-likeness (QED) is 0.253. The van der Waals surface area contributed by atoms with Crippen LogP contribution in [0.15, 0.2) is 18.2 Å². The molecule has 0 radical (unpaired) electrons. The van der Waals surface area contributed by atoms with Gasteiger partial charge in [-0.2, -0.15) is 13.2 Å². The van der Waals surface area contributed by atoms with Crippen molar-refractivity contribution in [3.63, 3.8) is 0 Å². The van der Waals surface area contributed by atoms with Gasteiger partial charge in [0.05, 0.1) is 18.5 Å². The molecule has 7 aliphatic rings. The smallest absolute Gasteiger partial charge is 0.343 e. The Morgan fingerprint density at radius 1 is 0.610 bits per heavy atom. The van der Waals surface area contributed by atoms with Crippen LogP contribution in [0.2, 0.25) is 0 Å². The predicted octanol–water partition coefficient (Wildman–Crippen LogP) is 5.27. The number of aryl methyl sites for hydroxylation is 1. The average molecular weight is 1410 g/mol. The number of nitrogens with one attached hydrogen (secondary N) is 3. The minimum absolute atomic E-state index is 0.00308. The van der Waals surface area contributed by atoms with Crippen molar-refractivity contribution in [2.24, 2.45) is 23.7 Å². The van der Waals surface area contributed by atoms with E-state index in [2.05, 4.69) is 16.0 Å². The van der Waals surface area contributed by atoms with E-state index < -0.39 is 173 Å². The third-order valence-electron chi connectivity index (χ3n) is 22.9. The van der Waals surface area contributed by atoms with Gasteiger partial charge in [-0.15, -0.1) is 0 Å². The summed E-state index contributed by atoms with van der Waals surface area (Å²) in [6, 6.07) is -8.69. The van der Waals surface area contributed by atoms with Crippen LogP contribution in [0.3, 0.4) is 0 Å². The van der Waals surface area contributed by atoms with E-state index in [0.717, 1.165) is 43.1 Å². The highest BCUT2D eigenvalue weighted by Crippen LogP contribution is 2.39. The molecule has 7 fully saturated rings. The molecule has 1 spiro atoms. The fourth-order valence-corrected chi connectivity index (χ4v) is 16.3. The van der Waals surface area contributed by atoms with Gasteiger partial charge in [0.15, 0.2) is 0 Å². The Morgan fingerprint density at radius 3 is 1.77 bits per heavy atom. The lowest BCUT2D eigenvalue weighted by atomic mass is 9.90. The van der Waals surface area contributed by atoms with Crippen molar-refractivity contribution >= 4 is 70.9 Å². The van der Waals surface area contributed by atoms with Gasteiger partial charge in [0.25, 0.3) is 0 Å². The third-order valence-corrected chi connectivity index (χ3v) is 22.9. The zero-order valence-electron chi connectivity index (χ0n) is 60.5. The predicted molar refractivity (Wildman–Crippen MR) is 362 cm³/mol. The van der Waals surface area contributed by atoms with Crippen LogP contribution in [0.5, 0.6) is 0 Å². The lowest BCUT2D eigenvalue weighted by Crippen LogP contribution is -2.65. The highest BCUT2D eigenvalue weighted by atomic mass is 19.4. The molecule has 1 aromatic carbocycles. The van der Waals surface area contributed by atoms with Gasteiger partial charge in [-0.05, 0) is 145 Å². The number of carbonyl (C=O) groups is 12. The van der Waals surface area contributed by atoms with Crippen LogP contribution in [-0.2, 0) is 70.1 Å². The minimum Gasteiger partial charge on any atom is -0.343 e. The summed E-state index contributed by atoms with van der Waals surface area (Å²) in [7, 11) is 8.65. The molecule has 0 bridgehead atoms. The number of hydrogen-bond acceptors (Lipinski definition) is 12. The Labute approximate surface area is 586 Å². The summed E-state index contributed by atoms with van der Waals surface area (Å²) in [5.41, 5.74) is -3.02. The highest BCUT2D eigenvalue weighted by molar-refractivity contribution is 6.01. The van der Waals surface area contributed by atoms with Crippen molar-refractivity contribution in [1.29, 1.82) is 0 Å². The Hall–Kier alpha value is -7.42. The van der Waals surface area contributed by atoms with E-state index in [-0.39, 0.29) is 75.4 Å². The lowest BCUT2D eigenvalue weighted by molar-refractivity contribution is -0.161. The molecule has 3 N–H and O–H groups in total. The topological polar surface area (TPSA) is 270 Å². The number of rotatable bonds is 10. The molecule has 8 rings (SSSR count). The van der Waals surface area contributed by atoms with Crippen molar-refractivity contribution in [3.8, 4) is 0 Å². The van der Waals surface area contributed by atoms with E-state index in [9.17, 15) is 41.9 Å². The maximum Gasteiger partial charge on any atom is 0.419 e. The molecular formula is C72H108F4N12O12. The first-order chi connectivity index (χ1) is 47.2. The monoisotopic (exact) mass is 1410 g/mol. The summed E-state index contributed by atoms with van der Waals surface area (Å²) < 4.78 is 56.2. The fraction of sp³-hybridized carbons (Fsp3) is 0.750. The number of benzene rings is 1. The van der Waals surface area contributed by atoms with E-state index >= 15 is 33.2 Å². The van der Waals surface area contributed by atoms with E-state index in [0.29, 0.717) is 89.4 Å². The van der Waals surface area contributed by atoms with Gasteiger partial charge in [0, 0.05) is 68.5 Å². The van der Waals surface area contributed by atoms with Crippen molar-refractivity contribution in [2.75, 3.05) is 75.0 Å². The van der Waals surface area contributed by atoms with Crippen LogP contribution >= 0.6 is 0 Å². The first-order valence-corrected chi connectivity index (χ1v) is 36.5. The van der Waals surface area contributed by atoms with E-state index in [1.54, 1.807) is 11.8 Å². The van der Waals surface area contributed by atoms with Crippen molar-refractivity contribution in [3.05, 3.63) is 35.1 Å². The second-order valence-electron chi connectivity index (χ2n) is 30.0. The van der Waals surface area contributed by atoms with Gasteiger partial charge in [0.1, 0.15) is 65.7 Å². The number of amides is 12. The van der Waals surface area contributed by atoms with Crippen LogP contribution in [-0.4, -0.2) is 250 Å². The maximum absolute atomic E-state index is 15.7. The largest absolute Gasteiger partial charge is 0.419 e. The van der Waals surface area contributed by atoms with Gasteiger partial charge in [0.2, 0.25) is 70.9 Å². The number of piperidine rings is 1. The third kappa shape index (κ3) is 17.5. The van der Waals surface area contributed by atoms with Gasteiger partial charge in [-0.25, -0.2) is 4.39 Å². The van der Waals surface area contributed by atoms with E-state index in [4.69, 9.17) is 0 Å². The van der Waals surface area contributed by atoms with Gasteiger partial charge in [-0.3, -0.25) is 57.5 Å². The summed E-state index contributed by atoms with van der Waals surface area (Å²) in [6.45, 7) is 9.10. The summed E-state index contributed by atoms with van der Waals surface area (Å²) in [4.78, 5) is 192. The normalized spacial score (nSPS) is 28.6. The molecule has 28 heteroatoms. The molecule has 10 atom stereocenters. The summed E-state index contributed by atoms with van der Waals surface area (Å²) in [6.07, 6.45) is 3.80. The average Bonchev–Trinajstić information content (AvgIpc) is 1.35. The van der Waals surface area contributed by atoms with Gasteiger partial charge >= 0.3 is 6.18 Å². The number of fused-ring (bicyclic) bond motifs is 2. The van der Waals surface area contributed by atoms with Crippen molar-refractivity contribution in [2.45, 2.75) is 248 Å². The molecular weight excluding hydrogens is 1300 g/mol. The molecule has 0 unspecified atom stereocenters. The number of hydrogen-bond donors (Lipinski definition) is 3. The Balaban J connectivity index is 1.18. The van der Waals surface area contributed by atoms with Crippen LogP contribution in [0.25, 0.3) is 0 Å². The minimum atomic E-state index is -5.00. The summed E-state index contributed by atoms with van der Waals surface area (Å²) >= 11 is 0. The van der Waals surface area contributed by atoms with Crippen LogP contribution < -0.4 is 16.0 Å². The fourth-order valence-electron chi connectivity index (χ4n) is 16.3. The zero-order chi connectivity index (χ0) is 73.4. The van der Waals surface area contributed by atoms with Crippen LogP contribution in [0.1, 0.15) is 187 Å². The molecule has 12 amide bonds. The number of alkyl halides is 3. The number of halogens is 4. The molecule has 1 aromatic rings. The molecule has 0 aromatic heterocycles. The Kier molecular flexibility index (Phi) is 26.3. The molecule has 4 saturated heterocycles. The molecule has 24 nitrogen and oxygen atoms in total. The number of carbonyl (C=O) groups excluding carboxylic acids is 12. The Morgan fingerprint density at radius 2 is 1.21 bits per heavy atom. The first kappa shape index (κ1) is 78.3. The van der Waals surface area contributed by atoms with E-state index in [1.807, 2.05) is 20.8 Å². The number of likely N-dealkylation sites (N-methyl/N-ethyl adjacent to an activating group) is 6. The first-order valence-electron chi connectivity index (χ1n) is 36.5. The highest BCUT2D eigenvalue weighted by Gasteiger charge is 2.53. The molecule has 4 heterocycles. The zero-order valence-corrected chi connectivity index (χ0v) is 60.5. The van der Waals surface area contributed by atoms with E-state index in [1.165, 1.54) is 83.5 Å². The molecule has 3 aliphatic carbocycles. The molecule has 556 valence electrons. The molecule has 3 saturated carbocycles. The molecule has 4 aliphatic heterocycles. The van der Waals surface area contributed by atoms with Crippen molar-refractivity contribution in [1.82, 2.24) is 60.0 Å². The molecule has 100 heavy (non-hydrogen) atoms. The van der Waals surface area contributed by atoms with Gasteiger partial charge in [-0.1, -0.05) is 78.7 Å². The summed E-state index contributed by atoms with van der Waals surface area (Å²) in [5.74, 6) is -10.7. The lowest BCUT2D eigenvalue weighted by Gasteiger charge is -2.45. The standard InChI is InChI=1S/C72H108F4N12O12/c1-12-44(4)58-67(97)81(7)45(5)63(93)88-38-32-53(88)65(95)84(10)59(47-23-14-15-24-47)68(98)80(6)42-56(89)77-51(31-29-46-28-30-49(50(73)40-46)72(74,75)76)64(94)87-37-22-27-52(87)62(92)79-71(33-18-19-34-71)70(100)85(11)60(48-25-16-17-26-48)69(99)83(9)55(66(96)86-35-20-13-21-36-86)41-57(90)82(8)54(39-43(2)3)61(91)78-58/h28,30,40,43-45,47-48,51-55,58-60H,12-27,29,31-39,41-42H2,1-11H3,(H,77,89)(H,78,91)(H,79,92)/t44-,45-,51-,52-,53-,54-,55-,58-,59-,60-/m0/s1. The second kappa shape index (κ2) is 33.6. The van der Waals surface area contributed by atoms with Gasteiger partial charge < -0.3 is 60.0 Å².